The number of fused-ring (bicyclic) bond motifs is 4. The molecule has 0 aliphatic carbocycles. The first kappa shape index (κ1) is 32.0. The highest BCUT2D eigenvalue weighted by atomic mass is 32.2. The first-order chi connectivity index (χ1) is 21.7. The van der Waals surface area contributed by atoms with E-state index in [-0.39, 0.29) is 31.2 Å². The molecule has 3 aliphatic heterocycles. The van der Waals surface area contributed by atoms with E-state index in [1.54, 1.807) is 30.7 Å². The third-order valence-corrected chi connectivity index (χ3v) is 12.5. The van der Waals surface area contributed by atoms with Crippen molar-refractivity contribution in [2.45, 2.75) is 76.1 Å². The van der Waals surface area contributed by atoms with Gasteiger partial charge in [0.25, 0.3) is 0 Å². The van der Waals surface area contributed by atoms with E-state index in [1.165, 1.54) is 11.1 Å². The van der Waals surface area contributed by atoms with E-state index >= 15 is 0 Å². The monoisotopic (exact) mass is 634 g/mol. The van der Waals surface area contributed by atoms with Crippen LogP contribution in [0.5, 0.6) is 11.5 Å². The zero-order chi connectivity index (χ0) is 31.9. The highest BCUT2D eigenvalue weighted by Gasteiger charge is 2.43. The molecule has 0 spiro atoms. The average Bonchev–Trinajstić information content (AvgIpc) is 3.06. The number of hydrogen-bond acceptors (Lipinski definition) is 7. The maximum atomic E-state index is 14.3. The minimum atomic E-state index is -3.77. The van der Waals surface area contributed by atoms with Gasteiger partial charge in [-0.25, -0.2) is 8.42 Å². The summed E-state index contributed by atoms with van der Waals surface area (Å²) in [7, 11) is -0.519. The number of methoxy groups -OCH3 is 2. The topological polar surface area (TPSA) is 99.5 Å². The Labute approximate surface area is 267 Å². The van der Waals surface area contributed by atoms with Gasteiger partial charge in [-0.1, -0.05) is 43.2 Å². The SMILES string of the molecule is CCC1CN2CCc3cc(CO)c(CO)cc3C2CC1CC1c2cc(OC)c(OC)cc2CCN1S(=O)(=O)c1ccc(C)cc1. The second-order valence-electron chi connectivity index (χ2n) is 12.9. The number of benzene rings is 3. The molecule has 242 valence electrons. The molecule has 4 atom stereocenters. The third kappa shape index (κ3) is 5.89. The molecule has 8 nitrogen and oxygen atoms in total. The largest absolute Gasteiger partial charge is 0.493 e. The Kier molecular flexibility index (Phi) is 9.28. The first-order valence-corrected chi connectivity index (χ1v) is 17.6. The zero-order valence-electron chi connectivity index (χ0n) is 26.8. The average molecular weight is 635 g/mol. The lowest BCUT2D eigenvalue weighted by atomic mass is 9.72. The summed E-state index contributed by atoms with van der Waals surface area (Å²) in [5.74, 6) is 1.96. The molecule has 3 aliphatic rings. The molecule has 3 aromatic rings. The molecule has 0 radical (unpaired) electrons. The van der Waals surface area contributed by atoms with Crippen molar-refractivity contribution in [3.05, 3.63) is 87.5 Å². The first-order valence-electron chi connectivity index (χ1n) is 16.2. The van der Waals surface area contributed by atoms with E-state index in [0.717, 1.165) is 60.2 Å². The fourth-order valence-electron chi connectivity index (χ4n) is 8.04. The van der Waals surface area contributed by atoms with Crippen LogP contribution in [0.2, 0.25) is 0 Å². The van der Waals surface area contributed by atoms with E-state index in [4.69, 9.17) is 9.47 Å². The van der Waals surface area contributed by atoms with Crippen molar-refractivity contribution in [2.75, 3.05) is 33.9 Å². The quantitative estimate of drug-likeness (QED) is 0.329. The summed E-state index contributed by atoms with van der Waals surface area (Å²) in [5, 5.41) is 20.0. The van der Waals surface area contributed by atoms with Gasteiger partial charge in [0.15, 0.2) is 11.5 Å². The lowest BCUT2D eigenvalue weighted by Crippen LogP contribution is -2.47. The number of nitrogens with zero attached hydrogens (tertiary/aromatic N) is 2. The minimum Gasteiger partial charge on any atom is -0.493 e. The molecule has 0 saturated carbocycles. The van der Waals surface area contributed by atoms with Gasteiger partial charge in [0.05, 0.1) is 38.4 Å². The summed E-state index contributed by atoms with van der Waals surface area (Å²) in [4.78, 5) is 2.90. The van der Waals surface area contributed by atoms with Crippen molar-refractivity contribution in [3.8, 4) is 11.5 Å². The summed E-state index contributed by atoms with van der Waals surface area (Å²) >= 11 is 0. The van der Waals surface area contributed by atoms with E-state index in [0.29, 0.717) is 41.7 Å². The molecule has 6 rings (SSSR count). The van der Waals surface area contributed by atoms with Crippen LogP contribution >= 0.6 is 0 Å². The number of aliphatic hydroxyl groups excluding tert-OH is 2. The van der Waals surface area contributed by atoms with Gasteiger partial charge in [-0.2, -0.15) is 4.31 Å². The summed E-state index contributed by atoms with van der Waals surface area (Å²) in [6, 6.07) is 15.2. The molecule has 0 bridgehead atoms. The van der Waals surface area contributed by atoms with Gasteiger partial charge >= 0.3 is 0 Å². The molecule has 2 N–H and O–H groups in total. The fourth-order valence-corrected chi connectivity index (χ4v) is 9.66. The predicted molar refractivity (Wildman–Crippen MR) is 174 cm³/mol. The van der Waals surface area contributed by atoms with E-state index in [2.05, 4.69) is 24.0 Å². The van der Waals surface area contributed by atoms with Crippen LogP contribution in [-0.2, 0) is 36.1 Å². The van der Waals surface area contributed by atoms with Gasteiger partial charge in [0.1, 0.15) is 0 Å². The molecule has 3 heterocycles. The van der Waals surface area contributed by atoms with Crippen LogP contribution in [0, 0.1) is 18.8 Å². The summed E-state index contributed by atoms with van der Waals surface area (Å²) in [6.07, 6.45) is 4.15. The van der Waals surface area contributed by atoms with Gasteiger partial charge in [-0.05, 0) is 102 Å². The number of hydrogen-bond donors (Lipinski definition) is 2. The Morgan fingerprint density at radius 3 is 2.16 bits per heavy atom. The number of aryl methyl sites for hydroxylation is 1. The van der Waals surface area contributed by atoms with Crippen LogP contribution in [0.25, 0.3) is 0 Å². The highest BCUT2D eigenvalue weighted by molar-refractivity contribution is 7.89. The molecule has 1 fully saturated rings. The summed E-state index contributed by atoms with van der Waals surface area (Å²) < 4.78 is 41.7. The van der Waals surface area contributed by atoms with E-state index in [1.807, 2.05) is 31.2 Å². The minimum absolute atomic E-state index is 0.0846. The number of sulfonamides is 1. The predicted octanol–water partition coefficient (Wildman–Crippen LogP) is 5.32. The van der Waals surface area contributed by atoms with Crippen LogP contribution in [0.15, 0.2) is 53.4 Å². The molecule has 45 heavy (non-hydrogen) atoms. The van der Waals surface area contributed by atoms with Crippen molar-refractivity contribution in [2.24, 2.45) is 11.8 Å². The number of ether oxygens (including phenoxy) is 2. The van der Waals surface area contributed by atoms with Crippen molar-refractivity contribution >= 4 is 10.0 Å². The second kappa shape index (κ2) is 13.0. The van der Waals surface area contributed by atoms with Gasteiger partial charge in [0, 0.05) is 25.7 Å². The lowest BCUT2D eigenvalue weighted by Gasteiger charge is -2.49. The van der Waals surface area contributed by atoms with Gasteiger partial charge in [-0.3, -0.25) is 4.90 Å². The van der Waals surface area contributed by atoms with Crippen LogP contribution < -0.4 is 9.47 Å². The molecular formula is C36H46N2O6S. The summed E-state index contributed by atoms with van der Waals surface area (Å²) in [6.45, 7) is 6.33. The van der Waals surface area contributed by atoms with Gasteiger partial charge in [-0.15, -0.1) is 0 Å². The maximum absolute atomic E-state index is 14.3. The smallest absolute Gasteiger partial charge is 0.243 e. The Bertz CT molecular complexity index is 1640. The Morgan fingerprint density at radius 2 is 1.49 bits per heavy atom. The zero-order valence-corrected chi connectivity index (χ0v) is 27.6. The lowest BCUT2D eigenvalue weighted by molar-refractivity contribution is 0.0387. The van der Waals surface area contributed by atoms with Crippen molar-refractivity contribution in [1.29, 1.82) is 0 Å². The van der Waals surface area contributed by atoms with Gasteiger partial charge < -0.3 is 19.7 Å². The Morgan fingerprint density at radius 1 is 0.844 bits per heavy atom. The highest BCUT2D eigenvalue weighted by Crippen LogP contribution is 2.49. The molecule has 9 heteroatoms. The second-order valence-corrected chi connectivity index (χ2v) is 14.8. The Hall–Kier alpha value is -2.95. The molecule has 4 unspecified atom stereocenters. The fraction of sp³-hybridized carbons (Fsp3) is 0.500. The van der Waals surface area contributed by atoms with Crippen molar-refractivity contribution < 1.29 is 28.1 Å². The molecule has 3 aromatic carbocycles. The molecule has 1 saturated heterocycles. The normalized spacial score (nSPS) is 23.6. The third-order valence-electron chi connectivity index (χ3n) is 10.6. The van der Waals surface area contributed by atoms with Crippen molar-refractivity contribution in [3.63, 3.8) is 0 Å². The standard InChI is InChI=1S/C36H46N2O6S/c1-5-24-20-37-12-10-25-14-28(21-39)29(22-40)15-31(25)33(37)16-27(24)17-34-32-19-36(44-4)35(43-3)18-26(32)11-13-38(34)45(41,42)30-8-6-23(2)7-9-30/h6-9,14-15,18-19,24,27,33-34,39-40H,5,10-13,16-17,20-22H2,1-4H3. The number of aliphatic hydroxyl groups is 2. The van der Waals surface area contributed by atoms with Crippen LogP contribution in [-0.4, -0.2) is 61.7 Å². The summed E-state index contributed by atoms with van der Waals surface area (Å²) in [5.41, 5.74) is 7.17. The molecular weight excluding hydrogens is 588 g/mol. The van der Waals surface area contributed by atoms with Gasteiger partial charge in [0.2, 0.25) is 10.0 Å². The molecule has 0 aromatic heterocycles. The number of rotatable bonds is 9. The van der Waals surface area contributed by atoms with Crippen molar-refractivity contribution in [1.82, 2.24) is 9.21 Å². The van der Waals surface area contributed by atoms with Crippen LogP contribution in [0.4, 0.5) is 0 Å². The maximum Gasteiger partial charge on any atom is 0.243 e. The van der Waals surface area contributed by atoms with E-state index in [9.17, 15) is 18.6 Å². The molecule has 0 amide bonds. The Balaban J connectivity index is 1.41. The van der Waals surface area contributed by atoms with Crippen LogP contribution in [0.3, 0.4) is 0 Å². The number of piperidine rings is 1. The van der Waals surface area contributed by atoms with Crippen LogP contribution in [0.1, 0.15) is 77.2 Å². The van der Waals surface area contributed by atoms with E-state index < -0.39 is 10.0 Å².